The molecule has 2 N–H and O–H groups in total. The molecule has 1 fully saturated rings. The summed E-state index contributed by atoms with van der Waals surface area (Å²) in [5.74, 6) is 1.15. The highest BCUT2D eigenvalue weighted by molar-refractivity contribution is 5.82. The van der Waals surface area contributed by atoms with Crippen LogP contribution in [0.2, 0.25) is 0 Å². The van der Waals surface area contributed by atoms with E-state index in [1.807, 2.05) is 54.8 Å². The van der Waals surface area contributed by atoms with Gasteiger partial charge in [0.25, 0.3) is 0 Å². The standard InChI is InChI=1S/C25H29N9/c1-4-33(17-26-2)21-7-5-20(6-8-21)30-24-25-28-14-23(19-13-29-32(3)15-19)34(25)16-22(31-24)18-9-11-27-12-10-18/h4-8,13-18,27H,1,9-12H2,2-3H3,(H,30,31). The maximum Gasteiger partial charge on any atom is 0.180 e. The number of hydrogen-bond acceptors (Lipinski definition) is 6. The summed E-state index contributed by atoms with van der Waals surface area (Å²) in [6, 6.07) is 8.09. The number of aliphatic imine (C=N–C) groups is 1. The van der Waals surface area contributed by atoms with Gasteiger partial charge in [-0.2, -0.15) is 5.10 Å². The minimum atomic E-state index is 0.409. The quantitative estimate of drug-likeness (QED) is 0.324. The van der Waals surface area contributed by atoms with Gasteiger partial charge in [0.2, 0.25) is 0 Å². The third kappa shape index (κ3) is 4.29. The van der Waals surface area contributed by atoms with Crippen molar-refractivity contribution in [3.63, 3.8) is 0 Å². The third-order valence-electron chi connectivity index (χ3n) is 6.13. The number of aromatic nitrogens is 5. The monoisotopic (exact) mass is 455 g/mol. The second-order valence-corrected chi connectivity index (χ2v) is 8.41. The summed E-state index contributed by atoms with van der Waals surface area (Å²) in [6.45, 7) is 5.87. The van der Waals surface area contributed by atoms with Crippen molar-refractivity contribution in [2.24, 2.45) is 12.0 Å². The van der Waals surface area contributed by atoms with Gasteiger partial charge in [-0.1, -0.05) is 6.58 Å². The lowest BCUT2D eigenvalue weighted by Crippen LogP contribution is -2.27. The summed E-state index contributed by atoms with van der Waals surface area (Å²) >= 11 is 0. The maximum absolute atomic E-state index is 5.04. The highest BCUT2D eigenvalue weighted by Crippen LogP contribution is 2.31. The topological polar surface area (TPSA) is 87.7 Å². The van der Waals surface area contributed by atoms with Gasteiger partial charge < -0.3 is 15.5 Å². The molecule has 1 aliphatic heterocycles. The number of aryl methyl sites for hydroxylation is 1. The number of fused-ring (bicyclic) bond motifs is 1. The molecule has 9 heteroatoms. The van der Waals surface area contributed by atoms with Crippen LogP contribution in [0, 0.1) is 0 Å². The minimum absolute atomic E-state index is 0.409. The van der Waals surface area contributed by atoms with Crippen molar-refractivity contribution >= 4 is 29.2 Å². The van der Waals surface area contributed by atoms with Gasteiger partial charge in [0.05, 0.1) is 30.1 Å². The van der Waals surface area contributed by atoms with Crippen LogP contribution in [0.25, 0.3) is 16.9 Å². The second-order valence-electron chi connectivity index (χ2n) is 8.41. The Morgan fingerprint density at radius 1 is 1.18 bits per heavy atom. The number of nitrogens with one attached hydrogen (secondary N) is 2. The molecule has 0 atom stereocenters. The molecule has 0 radical (unpaired) electrons. The molecule has 0 amide bonds. The molecular formula is C25H29N9. The van der Waals surface area contributed by atoms with Crippen LogP contribution in [-0.2, 0) is 7.05 Å². The van der Waals surface area contributed by atoms with Gasteiger partial charge in [-0.25, -0.2) is 9.97 Å². The largest absolute Gasteiger partial charge is 0.337 e. The van der Waals surface area contributed by atoms with E-state index in [1.54, 1.807) is 24.3 Å². The molecule has 1 aromatic carbocycles. The highest BCUT2D eigenvalue weighted by Gasteiger charge is 2.21. The van der Waals surface area contributed by atoms with Crippen LogP contribution in [0.15, 0.2) is 66.8 Å². The number of benzene rings is 1. The Bertz CT molecular complexity index is 1310. The van der Waals surface area contributed by atoms with E-state index in [1.165, 1.54) is 0 Å². The Morgan fingerprint density at radius 2 is 1.97 bits per heavy atom. The van der Waals surface area contributed by atoms with E-state index in [2.05, 4.69) is 37.9 Å². The van der Waals surface area contributed by atoms with Crippen LogP contribution in [-0.4, -0.2) is 50.6 Å². The molecule has 0 unspecified atom stereocenters. The molecule has 3 aromatic heterocycles. The Kier molecular flexibility index (Phi) is 6.09. The first-order chi connectivity index (χ1) is 16.7. The summed E-state index contributed by atoms with van der Waals surface area (Å²) in [4.78, 5) is 15.7. The summed E-state index contributed by atoms with van der Waals surface area (Å²) in [5, 5.41) is 11.3. The molecule has 0 aliphatic carbocycles. The number of imidazole rings is 1. The molecule has 9 nitrogen and oxygen atoms in total. The molecule has 1 saturated heterocycles. The Hall–Kier alpha value is -3.98. The Balaban J connectivity index is 1.54. The van der Waals surface area contributed by atoms with Gasteiger partial charge in [-0.15, -0.1) is 0 Å². The van der Waals surface area contributed by atoms with Gasteiger partial charge in [0.15, 0.2) is 11.5 Å². The van der Waals surface area contributed by atoms with E-state index in [-0.39, 0.29) is 0 Å². The Labute approximate surface area is 198 Å². The van der Waals surface area contributed by atoms with E-state index in [4.69, 9.17) is 9.97 Å². The molecule has 4 aromatic rings. The fraction of sp³-hybridized carbons (Fsp3) is 0.280. The zero-order valence-corrected chi connectivity index (χ0v) is 19.5. The van der Waals surface area contributed by atoms with Crippen LogP contribution in [0.4, 0.5) is 17.2 Å². The van der Waals surface area contributed by atoms with Gasteiger partial charge >= 0.3 is 0 Å². The lowest BCUT2D eigenvalue weighted by Gasteiger charge is -2.23. The maximum atomic E-state index is 5.04. The van der Waals surface area contributed by atoms with Crippen molar-refractivity contribution in [3.05, 3.63) is 67.5 Å². The van der Waals surface area contributed by atoms with Gasteiger partial charge in [0.1, 0.15) is 0 Å². The van der Waals surface area contributed by atoms with Crippen molar-refractivity contribution in [3.8, 4) is 11.3 Å². The van der Waals surface area contributed by atoms with Gasteiger partial charge in [0, 0.05) is 55.5 Å². The number of anilines is 3. The lowest BCUT2D eigenvalue weighted by molar-refractivity contribution is 0.452. The first kappa shape index (κ1) is 21.8. The number of hydrogen-bond donors (Lipinski definition) is 2. The van der Waals surface area contributed by atoms with Crippen molar-refractivity contribution < 1.29 is 0 Å². The average molecular weight is 456 g/mol. The van der Waals surface area contributed by atoms with Crippen LogP contribution in [0.1, 0.15) is 24.5 Å². The van der Waals surface area contributed by atoms with Crippen molar-refractivity contribution in [1.82, 2.24) is 29.5 Å². The normalized spacial score (nSPS) is 14.6. The molecule has 4 heterocycles. The fourth-order valence-corrected chi connectivity index (χ4v) is 4.37. The molecule has 0 saturated carbocycles. The fourth-order valence-electron chi connectivity index (χ4n) is 4.37. The summed E-state index contributed by atoms with van der Waals surface area (Å²) < 4.78 is 3.94. The first-order valence-corrected chi connectivity index (χ1v) is 11.4. The summed E-state index contributed by atoms with van der Waals surface area (Å²) in [6.07, 6.45) is 13.5. The molecule has 34 heavy (non-hydrogen) atoms. The van der Waals surface area contributed by atoms with Crippen LogP contribution < -0.4 is 15.5 Å². The second kappa shape index (κ2) is 9.48. The van der Waals surface area contributed by atoms with E-state index < -0.39 is 0 Å². The number of nitrogens with zero attached hydrogens (tertiary/aromatic N) is 7. The SMILES string of the molecule is C=CN(C=NC)c1ccc(Nc2nc(C3CCNCC3)cn3c(-c4cnn(C)c4)cnc23)cc1. The predicted octanol–water partition coefficient (Wildman–Crippen LogP) is 3.95. The smallest absolute Gasteiger partial charge is 0.180 e. The van der Waals surface area contributed by atoms with E-state index in [0.29, 0.717) is 5.92 Å². The van der Waals surface area contributed by atoms with Crippen LogP contribution in [0.5, 0.6) is 0 Å². The first-order valence-electron chi connectivity index (χ1n) is 11.4. The highest BCUT2D eigenvalue weighted by atomic mass is 15.2. The van der Waals surface area contributed by atoms with Crippen LogP contribution >= 0.6 is 0 Å². The zero-order chi connectivity index (χ0) is 23.5. The van der Waals surface area contributed by atoms with Crippen molar-refractivity contribution in [2.45, 2.75) is 18.8 Å². The lowest BCUT2D eigenvalue weighted by atomic mass is 9.95. The molecule has 1 aliphatic rings. The van der Waals surface area contributed by atoms with Gasteiger partial charge in [-0.05, 0) is 50.2 Å². The van der Waals surface area contributed by atoms with Gasteiger partial charge in [-0.3, -0.25) is 14.1 Å². The third-order valence-corrected chi connectivity index (χ3v) is 6.13. The number of rotatable bonds is 7. The van der Waals surface area contributed by atoms with Crippen molar-refractivity contribution in [1.29, 1.82) is 0 Å². The number of piperidine rings is 1. The molecule has 0 bridgehead atoms. The zero-order valence-electron chi connectivity index (χ0n) is 19.5. The van der Waals surface area contributed by atoms with E-state index in [9.17, 15) is 0 Å². The van der Waals surface area contributed by atoms with Crippen molar-refractivity contribution in [2.75, 3.05) is 30.4 Å². The van der Waals surface area contributed by atoms with E-state index >= 15 is 0 Å². The van der Waals surface area contributed by atoms with E-state index in [0.717, 1.165) is 65.7 Å². The summed E-state index contributed by atoms with van der Waals surface area (Å²) in [5.41, 5.74) is 5.80. The molecule has 174 valence electrons. The van der Waals surface area contributed by atoms with Crippen LogP contribution in [0.3, 0.4) is 0 Å². The predicted molar refractivity (Wildman–Crippen MR) is 137 cm³/mol. The summed E-state index contributed by atoms with van der Waals surface area (Å²) in [7, 11) is 3.66. The minimum Gasteiger partial charge on any atom is -0.337 e. The molecular weight excluding hydrogens is 426 g/mol. The molecule has 0 spiro atoms. The average Bonchev–Trinajstić information content (AvgIpc) is 3.50. The Morgan fingerprint density at radius 3 is 2.65 bits per heavy atom. The molecule has 5 rings (SSSR count).